The van der Waals surface area contributed by atoms with E-state index in [0.717, 1.165) is 6.42 Å². The van der Waals surface area contributed by atoms with Crippen LogP contribution in [0, 0.1) is 0 Å². The highest BCUT2D eigenvalue weighted by Crippen LogP contribution is 2.52. The van der Waals surface area contributed by atoms with Gasteiger partial charge in [0.15, 0.2) is 0 Å². The fraction of sp³-hybridized carbons (Fsp3) is 0.417. The maximum atomic E-state index is 13.7. The summed E-state index contributed by atoms with van der Waals surface area (Å²) in [5.41, 5.74) is 4.14. The number of unbranched alkanes of at least 4 members (excludes halogenated alkanes) is 1. The lowest BCUT2D eigenvalue weighted by Gasteiger charge is -2.36. The van der Waals surface area contributed by atoms with Gasteiger partial charge in [-0.15, -0.1) is 0 Å². The molecule has 0 fully saturated rings. The molecular weight excluding hydrogens is 444 g/mol. The highest BCUT2D eigenvalue weighted by molar-refractivity contribution is 6.21. The van der Waals surface area contributed by atoms with E-state index in [-0.39, 0.29) is 42.3 Å². The summed E-state index contributed by atoms with van der Waals surface area (Å²) in [6, 6.07) is 6.56. The number of amides is 1. The number of nitrogens with one attached hydrogen (secondary N) is 1. The number of esters is 3. The summed E-state index contributed by atoms with van der Waals surface area (Å²) in [5.74, 6) is -3.93. The van der Waals surface area contributed by atoms with E-state index in [0.29, 0.717) is 12.1 Å². The Morgan fingerprint density at radius 3 is 2.35 bits per heavy atom. The van der Waals surface area contributed by atoms with Crippen molar-refractivity contribution in [3.8, 4) is 0 Å². The summed E-state index contributed by atoms with van der Waals surface area (Å²) in [6.07, 6.45) is 0.854. The molecule has 1 amide bonds. The number of rotatable bonds is 9. The van der Waals surface area contributed by atoms with Crippen molar-refractivity contribution in [2.45, 2.75) is 45.4 Å². The first-order valence-corrected chi connectivity index (χ1v) is 11.1. The molecule has 34 heavy (non-hydrogen) atoms. The molecule has 2 aliphatic rings. The smallest absolute Gasteiger partial charge is 0.341 e. The van der Waals surface area contributed by atoms with Crippen LogP contribution < -0.4 is 11.1 Å². The Bertz CT molecular complexity index is 1070. The van der Waals surface area contributed by atoms with E-state index >= 15 is 0 Å². The molecule has 1 aromatic rings. The number of nitrogens with two attached hydrogens (primary N) is 1. The van der Waals surface area contributed by atoms with E-state index in [9.17, 15) is 19.2 Å². The lowest BCUT2D eigenvalue weighted by molar-refractivity contribution is -0.144. The van der Waals surface area contributed by atoms with Crippen molar-refractivity contribution in [3.63, 3.8) is 0 Å². The Balaban J connectivity index is 2.30. The molecule has 1 spiro atoms. The van der Waals surface area contributed by atoms with Crippen LogP contribution >= 0.6 is 0 Å². The average Bonchev–Trinajstić information content (AvgIpc) is 3.06. The van der Waals surface area contributed by atoms with Crippen molar-refractivity contribution in [1.82, 2.24) is 0 Å². The van der Waals surface area contributed by atoms with Crippen LogP contribution in [0.3, 0.4) is 0 Å². The van der Waals surface area contributed by atoms with E-state index in [4.69, 9.17) is 24.7 Å². The number of carbonyl (C=O) groups is 4. The van der Waals surface area contributed by atoms with Gasteiger partial charge in [-0.1, -0.05) is 31.5 Å². The molecule has 0 aliphatic carbocycles. The molecule has 0 bridgehead atoms. The Hall–Kier alpha value is -3.82. The summed E-state index contributed by atoms with van der Waals surface area (Å²) in [7, 11) is 0. The van der Waals surface area contributed by atoms with Crippen LogP contribution in [0.5, 0.6) is 0 Å². The number of anilines is 1. The van der Waals surface area contributed by atoms with Gasteiger partial charge in [0, 0.05) is 11.3 Å². The summed E-state index contributed by atoms with van der Waals surface area (Å²) in [6.45, 7) is 5.30. The summed E-state index contributed by atoms with van der Waals surface area (Å²) in [5, 5.41) is 2.71. The molecule has 2 heterocycles. The van der Waals surface area contributed by atoms with E-state index in [1.54, 1.807) is 38.1 Å². The van der Waals surface area contributed by atoms with Gasteiger partial charge in [-0.05, 0) is 26.3 Å². The molecule has 3 N–H and O–H groups in total. The monoisotopic (exact) mass is 472 g/mol. The summed E-state index contributed by atoms with van der Waals surface area (Å²) < 4.78 is 21.3. The van der Waals surface area contributed by atoms with Crippen LogP contribution in [0.25, 0.3) is 0 Å². The first-order chi connectivity index (χ1) is 16.3. The largest absolute Gasteiger partial charge is 0.466 e. The number of hydrogen-bond acceptors (Lipinski definition) is 9. The quantitative estimate of drug-likeness (QED) is 0.314. The van der Waals surface area contributed by atoms with Crippen LogP contribution in [-0.4, -0.2) is 43.6 Å². The number of para-hydroxylation sites is 1. The third-order valence-electron chi connectivity index (χ3n) is 5.45. The number of fused-ring (bicyclic) bond motifs is 2. The van der Waals surface area contributed by atoms with Crippen molar-refractivity contribution in [1.29, 1.82) is 0 Å². The lowest BCUT2D eigenvalue weighted by atomic mass is 9.67. The highest BCUT2D eigenvalue weighted by atomic mass is 16.6. The molecule has 10 nitrogen and oxygen atoms in total. The average molecular weight is 472 g/mol. The van der Waals surface area contributed by atoms with Crippen molar-refractivity contribution in [2.24, 2.45) is 5.73 Å². The second-order valence-electron chi connectivity index (χ2n) is 7.58. The molecule has 1 aromatic carbocycles. The second-order valence-corrected chi connectivity index (χ2v) is 7.58. The minimum atomic E-state index is -2.03. The molecule has 1 atom stereocenters. The zero-order valence-electron chi connectivity index (χ0n) is 19.4. The zero-order valence-corrected chi connectivity index (χ0v) is 19.4. The number of benzene rings is 1. The number of ether oxygens (including phenoxy) is 4. The molecule has 10 heteroatoms. The van der Waals surface area contributed by atoms with Crippen molar-refractivity contribution < 1.29 is 38.1 Å². The van der Waals surface area contributed by atoms with Crippen LogP contribution in [0.2, 0.25) is 0 Å². The second kappa shape index (κ2) is 10.4. The molecule has 182 valence electrons. The first kappa shape index (κ1) is 24.8. The summed E-state index contributed by atoms with van der Waals surface area (Å²) in [4.78, 5) is 52.5. The molecule has 0 radical (unpaired) electrons. The van der Waals surface area contributed by atoms with Gasteiger partial charge in [0.05, 0.1) is 19.8 Å². The molecule has 0 saturated heterocycles. The van der Waals surface area contributed by atoms with Crippen molar-refractivity contribution >= 4 is 29.5 Å². The zero-order chi connectivity index (χ0) is 24.9. The fourth-order valence-corrected chi connectivity index (χ4v) is 4.08. The predicted octanol–water partition coefficient (Wildman–Crippen LogP) is 2.19. The van der Waals surface area contributed by atoms with Gasteiger partial charge < -0.3 is 30.0 Å². The van der Waals surface area contributed by atoms with Crippen molar-refractivity contribution in [2.75, 3.05) is 25.1 Å². The Morgan fingerprint density at radius 2 is 1.68 bits per heavy atom. The van der Waals surface area contributed by atoms with Crippen molar-refractivity contribution in [3.05, 3.63) is 52.6 Å². The van der Waals surface area contributed by atoms with Gasteiger partial charge in [-0.25, -0.2) is 9.59 Å². The van der Waals surface area contributed by atoms with Gasteiger partial charge in [-0.2, -0.15) is 0 Å². The number of hydrogen-bond donors (Lipinski definition) is 2. The van der Waals surface area contributed by atoms with Gasteiger partial charge in [0.2, 0.25) is 11.8 Å². The van der Waals surface area contributed by atoms with Crippen LogP contribution in [0.4, 0.5) is 5.69 Å². The molecule has 2 aliphatic heterocycles. The fourth-order valence-electron chi connectivity index (χ4n) is 4.08. The van der Waals surface area contributed by atoms with Gasteiger partial charge >= 0.3 is 17.9 Å². The molecule has 0 aromatic heterocycles. The van der Waals surface area contributed by atoms with E-state index < -0.39 is 41.5 Å². The Morgan fingerprint density at radius 1 is 1.00 bits per heavy atom. The van der Waals surface area contributed by atoms with E-state index in [1.807, 2.05) is 6.92 Å². The first-order valence-electron chi connectivity index (χ1n) is 11.1. The minimum absolute atomic E-state index is 0.0240. The Labute approximate surface area is 197 Å². The SMILES string of the molecule is CCCCOC(=O)C1=C(N)OC(CC(=O)OCC)=C(C(=O)OCC)[C@@]12C(=O)Nc1ccccc12. The third kappa shape index (κ3) is 4.23. The van der Waals surface area contributed by atoms with Crippen LogP contribution in [-0.2, 0) is 43.5 Å². The normalized spacial score (nSPS) is 18.9. The lowest BCUT2D eigenvalue weighted by Crippen LogP contribution is -2.49. The highest BCUT2D eigenvalue weighted by Gasteiger charge is 2.62. The third-order valence-corrected chi connectivity index (χ3v) is 5.45. The van der Waals surface area contributed by atoms with Gasteiger partial charge in [0.25, 0.3) is 0 Å². The molecule has 0 saturated carbocycles. The topological polar surface area (TPSA) is 143 Å². The Kier molecular flexibility index (Phi) is 7.60. The van der Waals surface area contributed by atoms with E-state index in [1.165, 1.54) is 0 Å². The predicted molar refractivity (Wildman–Crippen MR) is 120 cm³/mol. The number of carbonyl (C=O) groups excluding carboxylic acids is 4. The molecule has 0 unspecified atom stereocenters. The van der Waals surface area contributed by atoms with Gasteiger partial charge in [-0.3, -0.25) is 9.59 Å². The minimum Gasteiger partial charge on any atom is -0.466 e. The van der Waals surface area contributed by atoms with Gasteiger partial charge in [0.1, 0.15) is 28.7 Å². The molecule has 3 rings (SSSR count). The molecular formula is C24H28N2O8. The summed E-state index contributed by atoms with van der Waals surface area (Å²) >= 11 is 0. The maximum absolute atomic E-state index is 13.7. The maximum Gasteiger partial charge on any atom is 0.341 e. The van der Waals surface area contributed by atoms with Crippen LogP contribution in [0.15, 0.2) is 47.1 Å². The van der Waals surface area contributed by atoms with E-state index in [2.05, 4.69) is 5.32 Å². The standard InChI is InChI=1S/C24H28N2O8/c1-4-7-12-33-22(29)19-20(25)34-16(13-17(27)31-5-2)18(21(28)32-6-3)24(19)14-10-8-9-11-15(14)26-23(24)30/h8-11H,4-7,12-13,25H2,1-3H3,(H,26,30)/t24-/m1/s1. The van der Waals surface area contributed by atoms with Crippen LogP contribution in [0.1, 0.15) is 45.6 Å².